The van der Waals surface area contributed by atoms with Gasteiger partial charge in [0.05, 0.1) is 6.10 Å². The number of nitrogens with zero attached hydrogens (tertiary/aromatic N) is 1. The number of nitrogen functional groups attached to an aromatic ring is 1. The van der Waals surface area contributed by atoms with E-state index in [-0.39, 0.29) is 6.10 Å². The van der Waals surface area contributed by atoms with E-state index in [0.717, 1.165) is 30.8 Å². The second-order valence-corrected chi connectivity index (χ2v) is 4.58. The Balaban J connectivity index is 2.04. The first kappa shape index (κ1) is 9.19. The van der Waals surface area contributed by atoms with Gasteiger partial charge in [0, 0.05) is 18.3 Å². The van der Waals surface area contributed by atoms with Crippen LogP contribution in [0, 0.1) is 0 Å². The molecule has 3 nitrogen and oxygen atoms in total. The van der Waals surface area contributed by atoms with E-state index < -0.39 is 0 Å². The largest absolute Gasteiger partial charge is 0.399 e. The van der Waals surface area contributed by atoms with Gasteiger partial charge in [0.2, 0.25) is 0 Å². The lowest BCUT2D eigenvalue weighted by Crippen LogP contribution is -2.38. The first-order chi connectivity index (χ1) is 7.25. The molecule has 2 unspecified atom stereocenters. The molecule has 80 valence electrons. The number of anilines is 1. The van der Waals surface area contributed by atoms with Crippen molar-refractivity contribution in [2.75, 3.05) is 12.3 Å². The summed E-state index contributed by atoms with van der Waals surface area (Å²) in [7, 11) is 0. The standard InChI is InChI=1S/C12H16N2O/c13-9-3-4-10-8(6-9)7-14-5-1-2-11(14)12(10)15/h3-4,6,11-12,15H,1-2,5,7,13H2. The van der Waals surface area contributed by atoms with Crippen LogP contribution in [0.3, 0.4) is 0 Å². The van der Waals surface area contributed by atoms with Gasteiger partial charge < -0.3 is 10.8 Å². The average Bonchev–Trinajstić information content (AvgIpc) is 2.65. The lowest BCUT2D eigenvalue weighted by Gasteiger charge is -2.35. The minimum Gasteiger partial charge on any atom is -0.399 e. The molecule has 1 aromatic carbocycles. The Hall–Kier alpha value is -1.06. The molecule has 15 heavy (non-hydrogen) atoms. The van der Waals surface area contributed by atoms with Gasteiger partial charge in [-0.15, -0.1) is 0 Å². The Morgan fingerprint density at radius 2 is 2.27 bits per heavy atom. The number of aliphatic hydroxyl groups is 1. The van der Waals surface area contributed by atoms with Crippen LogP contribution in [0.25, 0.3) is 0 Å². The molecule has 0 amide bonds. The smallest absolute Gasteiger partial charge is 0.0948 e. The molecule has 1 aromatic rings. The predicted octanol–water partition coefficient (Wildman–Crippen LogP) is 1.28. The molecule has 0 aliphatic carbocycles. The van der Waals surface area contributed by atoms with Crippen LogP contribution < -0.4 is 5.73 Å². The first-order valence-corrected chi connectivity index (χ1v) is 5.56. The van der Waals surface area contributed by atoms with Crippen LogP contribution in [0.5, 0.6) is 0 Å². The summed E-state index contributed by atoms with van der Waals surface area (Å²) in [6.45, 7) is 2.05. The number of aliphatic hydroxyl groups excluding tert-OH is 1. The highest BCUT2D eigenvalue weighted by Crippen LogP contribution is 2.37. The molecule has 0 spiro atoms. The Morgan fingerprint density at radius 1 is 1.40 bits per heavy atom. The zero-order valence-corrected chi connectivity index (χ0v) is 8.69. The molecule has 1 fully saturated rings. The molecule has 3 heteroatoms. The van der Waals surface area contributed by atoms with Gasteiger partial charge in [0.15, 0.2) is 0 Å². The van der Waals surface area contributed by atoms with Crippen LogP contribution in [0.1, 0.15) is 30.1 Å². The van der Waals surface area contributed by atoms with Gasteiger partial charge in [0.1, 0.15) is 0 Å². The highest BCUT2D eigenvalue weighted by molar-refractivity contribution is 5.46. The number of rotatable bonds is 0. The number of nitrogens with two attached hydrogens (primary N) is 1. The molecule has 0 radical (unpaired) electrons. The van der Waals surface area contributed by atoms with E-state index in [9.17, 15) is 5.11 Å². The van der Waals surface area contributed by atoms with Gasteiger partial charge in [-0.05, 0) is 42.6 Å². The Kier molecular flexibility index (Phi) is 1.97. The zero-order chi connectivity index (χ0) is 10.4. The van der Waals surface area contributed by atoms with Crippen molar-refractivity contribution in [2.24, 2.45) is 0 Å². The number of hydrogen-bond donors (Lipinski definition) is 2. The van der Waals surface area contributed by atoms with Crippen LogP contribution in [-0.2, 0) is 6.54 Å². The fraction of sp³-hybridized carbons (Fsp3) is 0.500. The summed E-state index contributed by atoms with van der Waals surface area (Å²) in [5.41, 5.74) is 8.83. The molecule has 2 atom stereocenters. The van der Waals surface area contributed by atoms with Crippen LogP contribution in [0.2, 0.25) is 0 Å². The summed E-state index contributed by atoms with van der Waals surface area (Å²) in [4.78, 5) is 2.37. The minimum absolute atomic E-state index is 0.322. The molecule has 2 aliphatic rings. The number of fused-ring (bicyclic) bond motifs is 2. The average molecular weight is 204 g/mol. The quantitative estimate of drug-likeness (QED) is 0.626. The fourth-order valence-corrected chi connectivity index (χ4v) is 2.88. The van der Waals surface area contributed by atoms with E-state index in [1.807, 2.05) is 18.2 Å². The molecule has 2 heterocycles. The Labute approximate surface area is 89.5 Å². The maximum Gasteiger partial charge on any atom is 0.0948 e. The van der Waals surface area contributed by atoms with E-state index in [1.54, 1.807) is 0 Å². The zero-order valence-electron chi connectivity index (χ0n) is 8.69. The van der Waals surface area contributed by atoms with E-state index in [0.29, 0.717) is 6.04 Å². The van der Waals surface area contributed by atoms with Crippen molar-refractivity contribution in [3.63, 3.8) is 0 Å². The maximum absolute atomic E-state index is 10.2. The van der Waals surface area contributed by atoms with E-state index in [2.05, 4.69) is 4.90 Å². The van der Waals surface area contributed by atoms with E-state index in [1.165, 1.54) is 12.0 Å². The van der Waals surface area contributed by atoms with Crippen molar-refractivity contribution in [3.05, 3.63) is 29.3 Å². The minimum atomic E-state index is -0.322. The topological polar surface area (TPSA) is 49.5 Å². The van der Waals surface area contributed by atoms with Crippen molar-refractivity contribution in [3.8, 4) is 0 Å². The van der Waals surface area contributed by atoms with Gasteiger partial charge in [0.25, 0.3) is 0 Å². The molecular weight excluding hydrogens is 188 g/mol. The third-order valence-corrected chi connectivity index (χ3v) is 3.64. The van der Waals surface area contributed by atoms with Crippen molar-refractivity contribution in [2.45, 2.75) is 31.5 Å². The number of benzene rings is 1. The van der Waals surface area contributed by atoms with Crippen LogP contribution in [-0.4, -0.2) is 22.6 Å². The maximum atomic E-state index is 10.2. The summed E-state index contributed by atoms with van der Waals surface area (Å²) in [6.07, 6.45) is 1.99. The van der Waals surface area contributed by atoms with Gasteiger partial charge in [-0.1, -0.05) is 6.07 Å². The highest BCUT2D eigenvalue weighted by Gasteiger charge is 2.36. The second-order valence-electron chi connectivity index (χ2n) is 4.58. The SMILES string of the molecule is Nc1ccc2c(c1)CN1CCCC1C2O. The van der Waals surface area contributed by atoms with Crippen LogP contribution >= 0.6 is 0 Å². The monoisotopic (exact) mass is 204 g/mol. The summed E-state index contributed by atoms with van der Waals surface area (Å²) in [5, 5.41) is 10.2. The van der Waals surface area contributed by atoms with Crippen molar-refractivity contribution < 1.29 is 5.11 Å². The van der Waals surface area contributed by atoms with E-state index in [4.69, 9.17) is 5.73 Å². The molecule has 2 aliphatic heterocycles. The lowest BCUT2D eigenvalue weighted by atomic mass is 9.91. The van der Waals surface area contributed by atoms with Crippen molar-refractivity contribution >= 4 is 5.69 Å². The van der Waals surface area contributed by atoms with Crippen LogP contribution in [0.15, 0.2) is 18.2 Å². The third-order valence-electron chi connectivity index (χ3n) is 3.64. The summed E-state index contributed by atoms with van der Waals surface area (Å²) in [5.74, 6) is 0. The predicted molar refractivity (Wildman–Crippen MR) is 59.2 cm³/mol. The first-order valence-electron chi connectivity index (χ1n) is 5.56. The Bertz CT molecular complexity index is 391. The summed E-state index contributed by atoms with van der Waals surface area (Å²) < 4.78 is 0. The fourth-order valence-electron chi connectivity index (χ4n) is 2.88. The second kappa shape index (κ2) is 3.22. The molecule has 3 N–H and O–H groups in total. The highest BCUT2D eigenvalue weighted by atomic mass is 16.3. The molecule has 0 saturated carbocycles. The van der Waals surface area contributed by atoms with Gasteiger partial charge in [-0.25, -0.2) is 0 Å². The molecule has 0 aromatic heterocycles. The summed E-state index contributed by atoms with van der Waals surface area (Å²) in [6, 6.07) is 6.19. The van der Waals surface area contributed by atoms with Gasteiger partial charge in [-0.2, -0.15) is 0 Å². The summed E-state index contributed by atoms with van der Waals surface area (Å²) >= 11 is 0. The van der Waals surface area contributed by atoms with Crippen LogP contribution in [0.4, 0.5) is 5.69 Å². The van der Waals surface area contributed by atoms with Crippen molar-refractivity contribution in [1.82, 2.24) is 4.90 Å². The van der Waals surface area contributed by atoms with Gasteiger partial charge >= 0.3 is 0 Å². The van der Waals surface area contributed by atoms with Gasteiger partial charge in [-0.3, -0.25) is 4.90 Å². The van der Waals surface area contributed by atoms with E-state index >= 15 is 0 Å². The lowest BCUT2D eigenvalue weighted by molar-refractivity contribution is 0.0534. The molecular formula is C12H16N2O. The molecule has 3 rings (SSSR count). The molecule has 0 bridgehead atoms. The van der Waals surface area contributed by atoms with Crippen molar-refractivity contribution in [1.29, 1.82) is 0 Å². The Morgan fingerprint density at radius 3 is 3.13 bits per heavy atom. The third kappa shape index (κ3) is 1.34. The normalized spacial score (nSPS) is 29.9. The number of hydrogen-bond acceptors (Lipinski definition) is 3. The molecule has 1 saturated heterocycles.